The Morgan fingerprint density at radius 2 is 1.34 bits per heavy atom. The average Bonchev–Trinajstić information content (AvgIpc) is 3.10. The summed E-state index contributed by atoms with van der Waals surface area (Å²) in [5.74, 6) is -4.56. The van der Waals surface area contributed by atoms with Crippen LogP contribution in [0.4, 0.5) is 0 Å². The van der Waals surface area contributed by atoms with E-state index in [-0.39, 0.29) is 19.1 Å². The molecule has 0 aliphatic carbocycles. The van der Waals surface area contributed by atoms with Crippen molar-refractivity contribution in [1.82, 2.24) is 0 Å². The zero-order valence-corrected chi connectivity index (χ0v) is 20.5. The van der Waals surface area contributed by atoms with Crippen molar-refractivity contribution in [2.45, 2.75) is 78.5 Å². The fourth-order valence-electron chi connectivity index (χ4n) is 3.86. The summed E-state index contributed by atoms with van der Waals surface area (Å²) in [6, 6.07) is 0. The van der Waals surface area contributed by atoms with Gasteiger partial charge in [0.25, 0.3) is 0 Å². The van der Waals surface area contributed by atoms with E-state index in [1.807, 2.05) is 0 Å². The van der Waals surface area contributed by atoms with Crippen molar-refractivity contribution in [3.63, 3.8) is 0 Å². The molecular formula is C22H32O13. The van der Waals surface area contributed by atoms with Crippen molar-refractivity contribution in [3.8, 4) is 0 Å². The molecule has 0 aromatic heterocycles. The first-order valence-electron chi connectivity index (χ1n) is 11.2. The van der Waals surface area contributed by atoms with Crippen LogP contribution in [-0.2, 0) is 61.9 Å². The van der Waals surface area contributed by atoms with Crippen LogP contribution in [0.3, 0.4) is 0 Å². The minimum Gasteiger partial charge on any atom is -0.466 e. The Bertz CT molecular complexity index is 796. The molecule has 0 amide bonds. The molecule has 0 N–H and O–H groups in total. The van der Waals surface area contributed by atoms with Crippen LogP contribution < -0.4 is 0 Å². The number of carbonyl (C=O) groups excluding carboxylic acids is 5. The van der Waals surface area contributed by atoms with Crippen molar-refractivity contribution in [2.24, 2.45) is 11.8 Å². The second-order valence-corrected chi connectivity index (χ2v) is 8.16. The highest BCUT2D eigenvalue weighted by atomic mass is 16.8. The van der Waals surface area contributed by atoms with Gasteiger partial charge in [0.2, 0.25) is 6.29 Å². The van der Waals surface area contributed by atoms with Gasteiger partial charge in [-0.3, -0.25) is 24.0 Å². The summed E-state index contributed by atoms with van der Waals surface area (Å²) in [6.45, 7) is 7.87. The van der Waals surface area contributed by atoms with E-state index < -0.39 is 79.4 Å². The predicted octanol–water partition coefficient (Wildman–Crippen LogP) is 0.258. The largest absolute Gasteiger partial charge is 0.466 e. The SMILES string of the molecule is CCOC(=O)[C@@H]1C(C)CO[C@H]1O[C@@H]1O[C@H](COC(C)=O)[C@@H](OC(C)=O)[C@H](OC(C)=O)[C@H]1OC(C)=O. The molecule has 0 aromatic carbocycles. The van der Waals surface area contributed by atoms with Crippen molar-refractivity contribution in [3.05, 3.63) is 0 Å². The summed E-state index contributed by atoms with van der Waals surface area (Å²) >= 11 is 0. The first-order chi connectivity index (χ1) is 16.4. The van der Waals surface area contributed by atoms with Gasteiger partial charge in [-0.2, -0.15) is 0 Å². The van der Waals surface area contributed by atoms with Crippen molar-refractivity contribution >= 4 is 29.8 Å². The first kappa shape index (κ1) is 28.5. The van der Waals surface area contributed by atoms with Crippen LogP contribution in [0, 0.1) is 11.8 Å². The Labute approximate surface area is 202 Å². The molecule has 2 fully saturated rings. The second kappa shape index (κ2) is 12.8. The molecule has 35 heavy (non-hydrogen) atoms. The van der Waals surface area contributed by atoms with Gasteiger partial charge >= 0.3 is 29.8 Å². The lowest BCUT2D eigenvalue weighted by Gasteiger charge is -2.44. The normalized spacial score (nSPS) is 32.3. The van der Waals surface area contributed by atoms with Gasteiger partial charge in [-0.15, -0.1) is 0 Å². The number of rotatable bonds is 9. The molecule has 2 heterocycles. The van der Waals surface area contributed by atoms with Gasteiger partial charge in [0.05, 0.1) is 13.2 Å². The van der Waals surface area contributed by atoms with E-state index in [4.69, 9.17) is 37.9 Å². The van der Waals surface area contributed by atoms with Crippen LogP contribution in [0.2, 0.25) is 0 Å². The average molecular weight is 504 g/mol. The van der Waals surface area contributed by atoms with Gasteiger partial charge in [-0.05, 0) is 12.8 Å². The molecule has 2 aliphatic rings. The van der Waals surface area contributed by atoms with Crippen molar-refractivity contribution in [2.75, 3.05) is 19.8 Å². The first-order valence-corrected chi connectivity index (χ1v) is 11.2. The minimum atomic E-state index is -1.46. The summed E-state index contributed by atoms with van der Waals surface area (Å²) in [4.78, 5) is 59.5. The highest BCUT2D eigenvalue weighted by Crippen LogP contribution is 2.35. The van der Waals surface area contributed by atoms with E-state index >= 15 is 0 Å². The topological polar surface area (TPSA) is 159 Å². The lowest BCUT2D eigenvalue weighted by molar-refractivity contribution is -0.338. The number of carbonyl (C=O) groups is 5. The molecule has 0 radical (unpaired) electrons. The Morgan fingerprint density at radius 1 is 0.771 bits per heavy atom. The number of hydrogen-bond acceptors (Lipinski definition) is 13. The molecule has 0 bridgehead atoms. The molecule has 13 nitrogen and oxygen atoms in total. The van der Waals surface area contributed by atoms with Gasteiger partial charge in [-0.25, -0.2) is 0 Å². The van der Waals surface area contributed by atoms with Gasteiger partial charge in [0.1, 0.15) is 18.6 Å². The summed E-state index contributed by atoms with van der Waals surface area (Å²) < 4.78 is 43.6. The van der Waals surface area contributed by atoms with Gasteiger partial charge < -0.3 is 37.9 Å². The van der Waals surface area contributed by atoms with E-state index in [1.54, 1.807) is 13.8 Å². The van der Waals surface area contributed by atoms with Crippen LogP contribution in [0.5, 0.6) is 0 Å². The van der Waals surface area contributed by atoms with E-state index in [1.165, 1.54) is 6.92 Å². The molecular weight excluding hydrogens is 472 g/mol. The smallest absolute Gasteiger partial charge is 0.314 e. The quantitative estimate of drug-likeness (QED) is 0.311. The molecule has 1 unspecified atom stereocenters. The highest BCUT2D eigenvalue weighted by molar-refractivity contribution is 5.73. The number of hydrogen-bond donors (Lipinski definition) is 0. The van der Waals surface area contributed by atoms with Crippen LogP contribution in [0.15, 0.2) is 0 Å². The Kier molecular flexibility index (Phi) is 10.4. The predicted molar refractivity (Wildman–Crippen MR) is 112 cm³/mol. The standard InChI is InChI=1S/C22H32O13/c1-7-28-20(27)16-10(2)8-30-21(16)35-22-19(33-14(6)26)18(32-13(5)25)17(31-12(4)24)15(34-22)9-29-11(3)23/h10,15-19,21-22H,7-9H2,1-6H3/t10?,15-,16+,17-,18+,19-,21+,22+/m1/s1. The van der Waals surface area contributed by atoms with E-state index in [9.17, 15) is 24.0 Å². The molecule has 0 saturated carbocycles. The third kappa shape index (κ3) is 7.87. The molecule has 0 aromatic rings. The highest BCUT2D eigenvalue weighted by Gasteiger charge is 2.55. The molecule has 2 rings (SSSR count). The third-order valence-electron chi connectivity index (χ3n) is 5.20. The molecule has 2 aliphatic heterocycles. The lowest BCUT2D eigenvalue weighted by Crippen LogP contribution is -2.63. The number of esters is 5. The molecule has 198 valence electrons. The van der Waals surface area contributed by atoms with Gasteiger partial charge in [0, 0.05) is 27.7 Å². The maximum absolute atomic E-state index is 12.5. The minimum absolute atomic E-state index is 0.147. The van der Waals surface area contributed by atoms with Crippen molar-refractivity contribution in [1.29, 1.82) is 0 Å². The van der Waals surface area contributed by atoms with E-state index in [0.717, 1.165) is 20.8 Å². The van der Waals surface area contributed by atoms with Crippen LogP contribution in [0.25, 0.3) is 0 Å². The number of ether oxygens (including phenoxy) is 8. The maximum Gasteiger partial charge on any atom is 0.314 e. The molecule has 0 spiro atoms. The fourth-order valence-corrected chi connectivity index (χ4v) is 3.86. The van der Waals surface area contributed by atoms with Crippen LogP contribution in [0.1, 0.15) is 41.5 Å². The van der Waals surface area contributed by atoms with Gasteiger partial charge in [-0.1, -0.05) is 6.92 Å². The zero-order valence-electron chi connectivity index (χ0n) is 20.5. The third-order valence-corrected chi connectivity index (χ3v) is 5.20. The Hall–Kier alpha value is -2.77. The van der Waals surface area contributed by atoms with Gasteiger partial charge in [0.15, 0.2) is 24.6 Å². The second-order valence-electron chi connectivity index (χ2n) is 8.16. The lowest BCUT2D eigenvalue weighted by atomic mass is 9.96. The van der Waals surface area contributed by atoms with Crippen LogP contribution >= 0.6 is 0 Å². The van der Waals surface area contributed by atoms with Crippen molar-refractivity contribution < 1.29 is 61.9 Å². The summed E-state index contributed by atoms with van der Waals surface area (Å²) in [6.07, 6.45) is -7.91. The maximum atomic E-state index is 12.5. The molecule has 2 saturated heterocycles. The molecule has 8 atom stereocenters. The van der Waals surface area contributed by atoms with E-state index in [2.05, 4.69) is 0 Å². The van der Waals surface area contributed by atoms with E-state index in [0.29, 0.717) is 0 Å². The fraction of sp³-hybridized carbons (Fsp3) is 0.773. The summed E-state index contributed by atoms with van der Waals surface area (Å²) in [5.41, 5.74) is 0. The summed E-state index contributed by atoms with van der Waals surface area (Å²) in [5, 5.41) is 0. The summed E-state index contributed by atoms with van der Waals surface area (Å²) in [7, 11) is 0. The Balaban J connectivity index is 2.42. The zero-order chi connectivity index (χ0) is 26.3. The molecule has 13 heteroatoms. The monoisotopic (exact) mass is 504 g/mol. The van der Waals surface area contributed by atoms with Crippen LogP contribution in [-0.4, -0.2) is 86.7 Å². The Morgan fingerprint density at radius 3 is 1.89 bits per heavy atom.